The van der Waals surface area contributed by atoms with Gasteiger partial charge in [0.2, 0.25) is 0 Å². The zero-order valence-electron chi connectivity index (χ0n) is 10.7. The van der Waals surface area contributed by atoms with Crippen LogP contribution in [0.25, 0.3) is 0 Å². The van der Waals surface area contributed by atoms with Gasteiger partial charge in [0.05, 0.1) is 19.8 Å². The molecule has 4 nitrogen and oxygen atoms in total. The summed E-state index contributed by atoms with van der Waals surface area (Å²) >= 11 is 0. The first-order valence-electron chi connectivity index (χ1n) is 6.74. The maximum absolute atomic E-state index is 11.4. The number of likely N-dealkylation sites (tertiary alicyclic amines) is 1. The lowest BCUT2D eigenvalue weighted by molar-refractivity contribution is -0.152. The molecule has 17 heavy (non-hydrogen) atoms. The molecule has 0 bridgehead atoms. The molecular weight excluding hydrogens is 218 g/mol. The number of rotatable bonds is 5. The van der Waals surface area contributed by atoms with Crippen LogP contribution in [-0.2, 0) is 14.3 Å². The highest BCUT2D eigenvalue weighted by atomic mass is 16.5. The highest BCUT2D eigenvalue weighted by molar-refractivity contribution is 5.76. The van der Waals surface area contributed by atoms with Crippen LogP contribution in [0.4, 0.5) is 0 Å². The number of ether oxygens (including phenoxy) is 2. The molecule has 1 heterocycles. The highest BCUT2D eigenvalue weighted by Gasteiger charge is 2.34. The Kier molecular flexibility index (Phi) is 4.80. The average Bonchev–Trinajstić information content (AvgIpc) is 2.34. The van der Waals surface area contributed by atoms with Gasteiger partial charge in [-0.15, -0.1) is 0 Å². The first kappa shape index (κ1) is 12.8. The SMILES string of the molecule is COC(=O)C1CCN1CCOC1CCCCC1. The van der Waals surface area contributed by atoms with Crippen LogP contribution >= 0.6 is 0 Å². The summed E-state index contributed by atoms with van der Waals surface area (Å²) in [5.74, 6) is -0.103. The Labute approximate surface area is 103 Å². The predicted molar refractivity (Wildman–Crippen MR) is 64.8 cm³/mol. The second kappa shape index (κ2) is 6.36. The van der Waals surface area contributed by atoms with Gasteiger partial charge in [-0.2, -0.15) is 0 Å². The third kappa shape index (κ3) is 3.42. The van der Waals surface area contributed by atoms with E-state index in [-0.39, 0.29) is 12.0 Å². The molecule has 2 fully saturated rings. The Morgan fingerprint density at radius 2 is 2.00 bits per heavy atom. The third-order valence-corrected chi connectivity index (χ3v) is 3.89. The van der Waals surface area contributed by atoms with Crippen molar-refractivity contribution in [2.45, 2.75) is 50.7 Å². The van der Waals surface area contributed by atoms with E-state index < -0.39 is 0 Å². The van der Waals surface area contributed by atoms with Gasteiger partial charge in [-0.1, -0.05) is 19.3 Å². The fourth-order valence-electron chi connectivity index (χ4n) is 2.68. The lowest BCUT2D eigenvalue weighted by Gasteiger charge is -2.38. The molecule has 1 atom stereocenters. The van der Waals surface area contributed by atoms with Crippen LogP contribution in [0.15, 0.2) is 0 Å². The van der Waals surface area contributed by atoms with Crippen LogP contribution in [0.2, 0.25) is 0 Å². The van der Waals surface area contributed by atoms with E-state index in [0.29, 0.717) is 6.10 Å². The van der Waals surface area contributed by atoms with Crippen molar-refractivity contribution in [3.63, 3.8) is 0 Å². The molecule has 1 aliphatic heterocycles. The third-order valence-electron chi connectivity index (χ3n) is 3.89. The van der Waals surface area contributed by atoms with Crippen molar-refractivity contribution in [3.05, 3.63) is 0 Å². The predicted octanol–water partition coefficient (Wildman–Crippen LogP) is 1.58. The number of carbonyl (C=O) groups excluding carboxylic acids is 1. The number of hydrogen-bond donors (Lipinski definition) is 0. The topological polar surface area (TPSA) is 38.8 Å². The van der Waals surface area contributed by atoms with Crippen molar-refractivity contribution in [2.24, 2.45) is 0 Å². The van der Waals surface area contributed by atoms with Gasteiger partial charge in [-0.25, -0.2) is 0 Å². The molecule has 2 aliphatic rings. The van der Waals surface area contributed by atoms with E-state index in [2.05, 4.69) is 4.90 Å². The van der Waals surface area contributed by atoms with E-state index in [1.165, 1.54) is 39.2 Å². The Morgan fingerprint density at radius 1 is 1.24 bits per heavy atom. The van der Waals surface area contributed by atoms with Gasteiger partial charge in [0.1, 0.15) is 6.04 Å². The first-order chi connectivity index (χ1) is 8.31. The van der Waals surface area contributed by atoms with Crippen LogP contribution in [-0.4, -0.2) is 49.8 Å². The van der Waals surface area contributed by atoms with Gasteiger partial charge < -0.3 is 9.47 Å². The maximum atomic E-state index is 11.4. The van der Waals surface area contributed by atoms with E-state index >= 15 is 0 Å². The summed E-state index contributed by atoms with van der Waals surface area (Å²) in [6, 6.07) is -0.0186. The van der Waals surface area contributed by atoms with Gasteiger partial charge in [-0.3, -0.25) is 9.69 Å². The second-order valence-corrected chi connectivity index (χ2v) is 4.99. The highest BCUT2D eigenvalue weighted by Crippen LogP contribution is 2.21. The Bertz CT molecular complexity index is 251. The second-order valence-electron chi connectivity index (χ2n) is 4.99. The van der Waals surface area contributed by atoms with E-state index in [0.717, 1.165) is 26.1 Å². The summed E-state index contributed by atoms with van der Waals surface area (Å²) in [6.07, 6.45) is 7.77. The van der Waals surface area contributed by atoms with Crippen molar-refractivity contribution < 1.29 is 14.3 Å². The average molecular weight is 241 g/mol. The zero-order valence-corrected chi connectivity index (χ0v) is 10.7. The van der Waals surface area contributed by atoms with Gasteiger partial charge in [0.15, 0.2) is 0 Å². The molecule has 0 spiro atoms. The monoisotopic (exact) mass is 241 g/mol. The number of methoxy groups -OCH3 is 1. The fourth-order valence-corrected chi connectivity index (χ4v) is 2.68. The summed E-state index contributed by atoms with van der Waals surface area (Å²) in [7, 11) is 1.46. The molecule has 2 rings (SSSR count). The van der Waals surface area contributed by atoms with E-state index in [9.17, 15) is 4.79 Å². The molecule has 0 radical (unpaired) electrons. The molecule has 1 unspecified atom stereocenters. The van der Waals surface area contributed by atoms with Gasteiger partial charge in [-0.05, 0) is 19.3 Å². The van der Waals surface area contributed by atoms with E-state index in [1.807, 2.05) is 0 Å². The standard InChI is InChI=1S/C13H23NO3/c1-16-13(15)12-7-8-14(12)9-10-17-11-5-3-2-4-6-11/h11-12H,2-10H2,1H3. The maximum Gasteiger partial charge on any atom is 0.323 e. The minimum Gasteiger partial charge on any atom is -0.468 e. The number of carbonyl (C=O) groups is 1. The van der Waals surface area contributed by atoms with Crippen molar-refractivity contribution in [1.29, 1.82) is 0 Å². The first-order valence-corrected chi connectivity index (χ1v) is 6.74. The lowest BCUT2D eigenvalue weighted by Crippen LogP contribution is -2.53. The molecule has 0 aromatic rings. The van der Waals surface area contributed by atoms with Gasteiger partial charge >= 0.3 is 5.97 Å². The number of esters is 1. The molecular formula is C13H23NO3. The number of nitrogens with zero attached hydrogens (tertiary/aromatic N) is 1. The molecule has 0 aromatic carbocycles. The van der Waals surface area contributed by atoms with Gasteiger partial charge in [0, 0.05) is 13.1 Å². The molecule has 98 valence electrons. The summed E-state index contributed by atoms with van der Waals surface area (Å²) in [5.41, 5.74) is 0. The van der Waals surface area contributed by atoms with Crippen LogP contribution in [0, 0.1) is 0 Å². The summed E-state index contributed by atoms with van der Waals surface area (Å²) in [5, 5.41) is 0. The van der Waals surface area contributed by atoms with Crippen LogP contribution < -0.4 is 0 Å². The van der Waals surface area contributed by atoms with Gasteiger partial charge in [0.25, 0.3) is 0 Å². The summed E-state index contributed by atoms with van der Waals surface area (Å²) < 4.78 is 10.6. The van der Waals surface area contributed by atoms with Crippen LogP contribution in [0.5, 0.6) is 0 Å². The lowest BCUT2D eigenvalue weighted by atomic mass is 9.98. The molecule has 4 heteroatoms. The number of hydrogen-bond acceptors (Lipinski definition) is 4. The zero-order chi connectivity index (χ0) is 12.1. The molecule has 0 N–H and O–H groups in total. The van der Waals surface area contributed by atoms with Crippen molar-refractivity contribution in [1.82, 2.24) is 4.90 Å². The van der Waals surface area contributed by atoms with Crippen LogP contribution in [0.1, 0.15) is 38.5 Å². The van der Waals surface area contributed by atoms with Crippen molar-refractivity contribution in [3.8, 4) is 0 Å². The Morgan fingerprint density at radius 3 is 2.59 bits per heavy atom. The minimum atomic E-state index is -0.103. The Hall–Kier alpha value is -0.610. The molecule has 0 aromatic heterocycles. The summed E-state index contributed by atoms with van der Waals surface area (Å²) in [4.78, 5) is 13.5. The Balaban J connectivity index is 1.60. The van der Waals surface area contributed by atoms with Crippen LogP contribution in [0.3, 0.4) is 0 Å². The van der Waals surface area contributed by atoms with Crippen molar-refractivity contribution >= 4 is 5.97 Å². The van der Waals surface area contributed by atoms with E-state index in [4.69, 9.17) is 9.47 Å². The smallest absolute Gasteiger partial charge is 0.323 e. The molecule has 1 aliphatic carbocycles. The van der Waals surface area contributed by atoms with E-state index in [1.54, 1.807) is 0 Å². The minimum absolute atomic E-state index is 0.0186. The quantitative estimate of drug-likeness (QED) is 0.685. The fraction of sp³-hybridized carbons (Fsp3) is 0.923. The largest absolute Gasteiger partial charge is 0.468 e. The summed E-state index contributed by atoms with van der Waals surface area (Å²) in [6.45, 7) is 2.60. The normalized spacial score (nSPS) is 26.5. The van der Waals surface area contributed by atoms with Crippen molar-refractivity contribution in [2.75, 3.05) is 26.8 Å². The molecule has 0 amide bonds. The molecule has 1 saturated heterocycles. The molecule has 1 saturated carbocycles.